The fourth-order valence-corrected chi connectivity index (χ4v) is 4.23. The van der Waals surface area contributed by atoms with Gasteiger partial charge in [-0.25, -0.2) is 0 Å². The SMILES string of the molecule is COc1ccc([C@@H]2Sc3ccccc3N(CCN(C)C)C(=O)[C@H]2O)cc1.Cl. The molecule has 146 valence electrons. The van der Waals surface area contributed by atoms with Gasteiger partial charge in [0.1, 0.15) is 11.9 Å². The number of hydrogen-bond donors (Lipinski definition) is 1. The van der Waals surface area contributed by atoms with E-state index in [1.54, 1.807) is 12.0 Å². The van der Waals surface area contributed by atoms with E-state index in [4.69, 9.17) is 4.74 Å². The van der Waals surface area contributed by atoms with Crippen molar-refractivity contribution >= 4 is 35.8 Å². The highest BCUT2D eigenvalue weighted by Gasteiger charge is 2.37. The fourth-order valence-electron chi connectivity index (χ4n) is 2.96. The Morgan fingerprint density at radius 2 is 1.81 bits per heavy atom. The second-order valence-corrected chi connectivity index (χ2v) is 7.70. The lowest BCUT2D eigenvalue weighted by Gasteiger charge is -2.26. The number of fused-ring (bicyclic) bond motifs is 1. The van der Waals surface area contributed by atoms with Crippen LogP contribution in [0.3, 0.4) is 0 Å². The summed E-state index contributed by atoms with van der Waals surface area (Å²) in [5, 5.41) is 10.5. The number of carbonyl (C=O) groups excluding carboxylic acids is 1. The molecule has 0 fully saturated rings. The summed E-state index contributed by atoms with van der Waals surface area (Å²) in [5.41, 5.74) is 1.76. The topological polar surface area (TPSA) is 53.0 Å². The van der Waals surface area contributed by atoms with Crippen LogP contribution in [-0.4, -0.2) is 56.3 Å². The van der Waals surface area contributed by atoms with E-state index in [0.717, 1.165) is 28.4 Å². The van der Waals surface area contributed by atoms with Gasteiger partial charge in [0.25, 0.3) is 5.91 Å². The van der Waals surface area contributed by atoms with E-state index >= 15 is 0 Å². The molecule has 0 saturated heterocycles. The lowest BCUT2D eigenvalue weighted by atomic mass is 10.1. The summed E-state index contributed by atoms with van der Waals surface area (Å²) in [6.07, 6.45) is -1.11. The highest BCUT2D eigenvalue weighted by atomic mass is 35.5. The molecule has 5 nitrogen and oxygen atoms in total. The maximum absolute atomic E-state index is 13.0. The fraction of sp³-hybridized carbons (Fsp3) is 0.350. The molecule has 1 N–H and O–H groups in total. The predicted octanol–water partition coefficient (Wildman–Crippen LogP) is 3.22. The zero-order chi connectivity index (χ0) is 18.7. The molecule has 0 radical (unpaired) electrons. The van der Waals surface area contributed by atoms with Gasteiger partial charge in [-0.05, 0) is 43.9 Å². The van der Waals surface area contributed by atoms with Gasteiger partial charge in [-0.1, -0.05) is 24.3 Å². The number of ether oxygens (including phenoxy) is 1. The van der Waals surface area contributed by atoms with Crippen LogP contribution in [0.1, 0.15) is 10.8 Å². The molecule has 7 heteroatoms. The van der Waals surface area contributed by atoms with E-state index in [1.165, 1.54) is 11.8 Å². The summed E-state index contributed by atoms with van der Waals surface area (Å²) in [6, 6.07) is 15.4. The lowest BCUT2D eigenvalue weighted by Crippen LogP contribution is -2.43. The number of para-hydroxylation sites is 1. The van der Waals surface area contributed by atoms with Crippen molar-refractivity contribution in [1.29, 1.82) is 0 Å². The lowest BCUT2D eigenvalue weighted by molar-refractivity contribution is -0.126. The van der Waals surface area contributed by atoms with Crippen LogP contribution >= 0.6 is 24.2 Å². The van der Waals surface area contributed by atoms with Crippen molar-refractivity contribution in [3.8, 4) is 5.75 Å². The zero-order valence-corrected chi connectivity index (χ0v) is 17.3. The molecule has 2 aromatic rings. The molecule has 0 saturated carbocycles. The van der Waals surface area contributed by atoms with Crippen molar-refractivity contribution in [2.24, 2.45) is 0 Å². The summed E-state index contributed by atoms with van der Waals surface area (Å²) in [5.74, 6) is 0.492. The van der Waals surface area contributed by atoms with Crippen LogP contribution in [0, 0.1) is 0 Å². The summed E-state index contributed by atoms with van der Waals surface area (Å²) in [7, 11) is 5.56. The Morgan fingerprint density at radius 1 is 1.15 bits per heavy atom. The second-order valence-electron chi connectivity index (χ2n) is 6.52. The minimum Gasteiger partial charge on any atom is -0.497 e. The van der Waals surface area contributed by atoms with Gasteiger partial charge in [0.2, 0.25) is 0 Å². The van der Waals surface area contributed by atoms with Crippen LogP contribution in [0.15, 0.2) is 53.4 Å². The minimum absolute atomic E-state index is 0. The van der Waals surface area contributed by atoms with E-state index in [-0.39, 0.29) is 23.6 Å². The van der Waals surface area contributed by atoms with Gasteiger partial charge in [-0.3, -0.25) is 4.79 Å². The third-order valence-electron chi connectivity index (χ3n) is 4.43. The number of nitrogens with zero attached hydrogens (tertiary/aromatic N) is 2. The molecule has 0 spiro atoms. The molecule has 0 bridgehead atoms. The molecular weight excluding hydrogens is 384 g/mol. The quantitative estimate of drug-likeness (QED) is 0.823. The first-order valence-corrected chi connectivity index (χ1v) is 9.43. The largest absolute Gasteiger partial charge is 0.497 e. The van der Waals surface area contributed by atoms with Gasteiger partial charge >= 0.3 is 0 Å². The van der Waals surface area contributed by atoms with Crippen molar-refractivity contribution < 1.29 is 14.6 Å². The smallest absolute Gasteiger partial charge is 0.257 e. The summed E-state index contributed by atoms with van der Waals surface area (Å²) < 4.78 is 5.21. The Hall–Kier alpha value is -1.73. The predicted molar refractivity (Wildman–Crippen MR) is 112 cm³/mol. The van der Waals surface area contributed by atoms with Crippen LogP contribution in [-0.2, 0) is 4.79 Å². The highest BCUT2D eigenvalue weighted by molar-refractivity contribution is 7.99. The maximum atomic E-state index is 13.0. The van der Waals surface area contributed by atoms with Crippen LogP contribution < -0.4 is 9.64 Å². The van der Waals surface area contributed by atoms with Gasteiger partial charge in [0.05, 0.1) is 18.0 Å². The van der Waals surface area contributed by atoms with Crippen LogP contribution in [0.25, 0.3) is 0 Å². The van der Waals surface area contributed by atoms with Gasteiger partial charge in [-0.15, -0.1) is 24.2 Å². The van der Waals surface area contributed by atoms with Crippen LogP contribution in [0.4, 0.5) is 5.69 Å². The number of anilines is 1. The van der Waals surface area contributed by atoms with Crippen molar-refractivity contribution in [2.75, 3.05) is 39.2 Å². The second kappa shape index (κ2) is 9.46. The molecule has 27 heavy (non-hydrogen) atoms. The molecule has 2 aromatic carbocycles. The summed E-state index contributed by atoms with van der Waals surface area (Å²) >= 11 is 1.53. The van der Waals surface area contributed by atoms with E-state index in [9.17, 15) is 9.90 Å². The van der Waals surface area contributed by atoms with Crippen LogP contribution in [0.2, 0.25) is 0 Å². The van der Waals surface area contributed by atoms with Crippen molar-refractivity contribution in [1.82, 2.24) is 4.90 Å². The number of amides is 1. The number of methoxy groups -OCH3 is 1. The van der Waals surface area contributed by atoms with Gasteiger partial charge in [0.15, 0.2) is 0 Å². The normalized spacial score (nSPS) is 19.3. The number of benzene rings is 2. The number of halogens is 1. The van der Waals surface area contributed by atoms with Crippen molar-refractivity contribution in [2.45, 2.75) is 16.2 Å². The molecule has 0 aliphatic carbocycles. The molecule has 3 rings (SSSR count). The average molecular weight is 409 g/mol. The van der Waals surface area contributed by atoms with Crippen molar-refractivity contribution in [3.05, 3.63) is 54.1 Å². The number of thioether (sulfide) groups is 1. The number of carbonyl (C=O) groups is 1. The van der Waals surface area contributed by atoms with E-state index in [0.29, 0.717) is 6.54 Å². The van der Waals surface area contributed by atoms with E-state index in [2.05, 4.69) is 0 Å². The number of likely N-dealkylation sites (N-methyl/N-ethyl adjacent to an activating group) is 1. The molecule has 1 amide bonds. The third kappa shape index (κ3) is 4.76. The monoisotopic (exact) mass is 408 g/mol. The molecule has 1 heterocycles. The molecule has 1 aliphatic rings. The summed E-state index contributed by atoms with van der Waals surface area (Å²) in [6.45, 7) is 1.26. The Labute approximate surface area is 170 Å². The van der Waals surface area contributed by atoms with Crippen LogP contribution in [0.5, 0.6) is 5.75 Å². The van der Waals surface area contributed by atoms with E-state index < -0.39 is 6.10 Å². The minimum atomic E-state index is -1.11. The molecule has 2 atom stereocenters. The van der Waals surface area contributed by atoms with Gasteiger partial charge in [0, 0.05) is 18.0 Å². The first-order valence-electron chi connectivity index (χ1n) is 8.55. The first kappa shape index (κ1) is 21.6. The Balaban J connectivity index is 0.00000261. The Morgan fingerprint density at radius 3 is 2.44 bits per heavy atom. The molecule has 0 unspecified atom stereocenters. The molecule has 0 aromatic heterocycles. The number of hydrogen-bond acceptors (Lipinski definition) is 5. The van der Waals surface area contributed by atoms with E-state index in [1.807, 2.05) is 67.5 Å². The van der Waals surface area contributed by atoms with Gasteiger partial charge in [-0.2, -0.15) is 0 Å². The molecule has 1 aliphatic heterocycles. The first-order chi connectivity index (χ1) is 12.5. The molecular formula is C20H25ClN2O3S. The van der Waals surface area contributed by atoms with Gasteiger partial charge < -0.3 is 19.6 Å². The number of rotatable bonds is 5. The Bertz CT molecular complexity index is 770. The highest BCUT2D eigenvalue weighted by Crippen LogP contribution is 2.45. The maximum Gasteiger partial charge on any atom is 0.257 e. The zero-order valence-electron chi connectivity index (χ0n) is 15.7. The average Bonchev–Trinajstić information content (AvgIpc) is 2.76. The number of aliphatic hydroxyl groups excluding tert-OH is 1. The number of aliphatic hydroxyl groups is 1. The Kier molecular flexibility index (Phi) is 7.56. The third-order valence-corrected chi connectivity index (χ3v) is 5.81. The summed E-state index contributed by atoms with van der Waals surface area (Å²) in [4.78, 5) is 17.8. The standard InChI is InChI=1S/C20H24N2O3S.ClH/c1-21(2)12-13-22-16-6-4-5-7-17(16)26-19(18(23)20(22)24)14-8-10-15(25-3)11-9-14;/h4-11,18-19,23H,12-13H2,1-3H3;1H/t18-,19-;/m0./s1. The van der Waals surface area contributed by atoms with Crippen molar-refractivity contribution in [3.63, 3.8) is 0 Å².